The van der Waals surface area contributed by atoms with Crippen molar-refractivity contribution in [3.05, 3.63) is 58.0 Å². The van der Waals surface area contributed by atoms with Crippen molar-refractivity contribution < 1.29 is 9.47 Å². The number of pyridine rings is 1. The summed E-state index contributed by atoms with van der Waals surface area (Å²) in [6, 6.07) is 11.3. The van der Waals surface area contributed by atoms with Gasteiger partial charge in [0.15, 0.2) is 17.5 Å². The highest BCUT2D eigenvalue weighted by Crippen LogP contribution is 2.27. The second kappa shape index (κ2) is 13.9. The Morgan fingerprint density at radius 2 is 1.77 bits per heavy atom. The Kier molecular flexibility index (Phi) is 12.0. The van der Waals surface area contributed by atoms with Gasteiger partial charge in [0, 0.05) is 38.4 Å². The van der Waals surface area contributed by atoms with Gasteiger partial charge in [-0.1, -0.05) is 12.1 Å². The molecule has 0 saturated heterocycles. The molecule has 0 atom stereocenters. The second-order valence-electron chi connectivity index (χ2n) is 6.73. The van der Waals surface area contributed by atoms with E-state index in [0.717, 1.165) is 67.6 Å². The molecule has 2 aromatic rings. The number of benzene rings is 1. The summed E-state index contributed by atoms with van der Waals surface area (Å²) < 4.78 is 12.4. The van der Waals surface area contributed by atoms with Crippen molar-refractivity contribution in [2.24, 2.45) is 4.99 Å². The number of nitrogens with one attached hydrogen (secondary N) is 2. The maximum absolute atomic E-state index is 11.9. The van der Waals surface area contributed by atoms with E-state index in [1.54, 1.807) is 33.4 Å². The summed E-state index contributed by atoms with van der Waals surface area (Å²) in [7, 11) is 5.04. The van der Waals surface area contributed by atoms with Gasteiger partial charge in [0.2, 0.25) is 0 Å². The van der Waals surface area contributed by atoms with E-state index in [0.29, 0.717) is 0 Å². The molecule has 0 bridgehead atoms. The van der Waals surface area contributed by atoms with Crippen molar-refractivity contribution in [3.63, 3.8) is 0 Å². The Morgan fingerprint density at radius 3 is 2.43 bits per heavy atom. The molecule has 0 saturated carbocycles. The number of halogens is 1. The molecule has 1 heterocycles. The van der Waals surface area contributed by atoms with E-state index in [1.165, 1.54) is 0 Å². The standard InChI is InChI=1S/C22H32N4O3.HI/c1-17-8-7-9-21(27)26(17)15-6-5-13-24-22(23-2)25-14-12-18-10-11-19(28-3)20(16-18)29-4;/h7-11,16H,5-6,12-15H2,1-4H3,(H2,23,24,25);1H. The van der Waals surface area contributed by atoms with E-state index in [1.807, 2.05) is 35.8 Å². The number of unbranched alkanes of at least 4 members (excludes halogenated alkanes) is 1. The van der Waals surface area contributed by atoms with Crippen LogP contribution in [0.1, 0.15) is 24.1 Å². The van der Waals surface area contributed by atoms with Gasteiger partial charge in [-0.05, 0) is 49.9 Å². The summed E-state index contributed by atoms with van der Waals surface area (Å²) in [4.78, 5) is 16.1. The van der Waals surface area contributed by atoms with Crippen molar-refractivity contribution >= 4 is 29.9 Å². The lowest BCUT2D eigenvalue weighted by molar-refractivity contribution is 0.354. The SMILES string of the molecule is CN=C(NCCCCn1c(C)cccc1=O)NCCc1ccc(OC)c(OC)c1.I. The van der Waals surface area contributed by atoms with Crippen molar-refractivity contribution in [2.75, 3.05) is 34.4 Å². The van der Waals surface area contributed by atoms with Gasteiger partial charge in [-0.2, -0.15) is 0 Å². The fraction of sp³-hybridized carbons (Fsp3) is 0.455. The topological polar surface area (TPSA) is 76.9 Å². The van der Waals surface area contributed by atoms with Crippen LogP contribution in [0.5, 0.6) is 11.5 Å². The number of ether oxygens (including phenoxy) is 2. The molecule has 166 valence electrons. The molecule has 0 aliphatic carbocycles. The van der Waals surface area contributed by atoms with Crippen LogP contribution in [-0.4, -0.2) is 44.9 Å². The van der Waals surface area contributed by atoms with Gasteiger partial charge in [0.1, 0.15) is 0 Å². The Bertz CT molecular complexity index is 868. The molecule has 8 heteroatoms. The van der Waals surface area contributed by atoms with E-state index in [9.17, 15) is 4.79 Å². The molecule has 2 N–H and O–H groups in total. The fourth-order valence-electron chi connectivity index (χ4n) is 3.09. The highest BCUT2D eigenvalue weighted by Gasteiger charge is 2.05. The maximum atomic E-state index is 11.9. The minimum atomic E-state index is 0. The molecular weight excluding hydrogens is 495 g/mol. The number of nitrogens with zero attached hydrogens (tertiary/aromatic N) is 2. The van der Waals surface area contributed by atoms with Crippen LogP contribution in [0.3, 0.4) is 0 Å². The minimum absolute atomic E-state index is 0. The van der Waals surface area contributed by atoms with Crippen LogP contribution in [0.4, 0.5) is 0 Å². The smallest absolute Gasteiger partial charge is 0.250 e. The lowest BCUT2D eigenvalue weighted by Crippen LogP contribution is -2.38. The zero-order valence-corrected chi connectivity index (χ0v) is 20.6. The average molecular weight is 528 g/mol. The summed E-state index contributed by atoms with van der Waals surface area (Å²) in [5, 5.41) is 6.64. The molecule has 0 unspecified atom stereocenters. The van der Waals surface area contributed by atoms with Gasteiger partial charge < -0.3 is 24.7 Å². The van der Waals surface area contributed by atoms with Crippen LogP contribution < -0.4 is 25.7 Å². The number of guanidine groups is 1. The van der Waals surface area contributed by atoms with E-state index in [-0.39, 0.29) is 29.5 Å². The van der Waals surface area contributed by atoms with Crippen molar-refractivity contribution in [1.82, 2.24) is 15.2 Å². The predicted octanol–water partition coefficient (Wildman–Crippen LogP) is 2.98. The van der Waals surface area contributed by atoms with Gasteiger partial charge in [0.25, 0.3) is 5.56 Å². The molecule has 0 spiro atoms. The Hall–Kier alpha value is -2.23. The number of hydrogen-bond acceptors (Lipinski definition) is 4. The highest BCUT2D eigenvalue weighted by atomic mass is 127. The summed E-state index contributed by atoms with van der Waals surface area (Å²) in [6.07, 6.45) is 2.73. The molecule has 0 fully saturated rings. The van der Waals surface area contributed by atoms with Gasteiger partial charge in [-0.15, -0.1) is 24.0 Å². The second-order valence-corrected chi connectivity index (χ2v) is 6.73. The van der Waals surface area contributed by atoms with Crippen molar-refractivity contribution in [1.29, 1.82) is 0 Å². The number of methoxy groups -OCH3 is 2. The van der Waals surface area contributed by atoms with E-state index in [2.05, 4.69) is 15.6 Å². The van der Waals surface area contributed by atoms with Gasteiger partial charge in [-0.3, -0.25) is 9.79 Å². The first-order valence-corrected chi connectivity index (χ1v) is 9.91. The molecule has 30 heavy (non-hydrogen) atoms. The summed E-state index contributed by atoms with van der Waals surface area (Å²) >= 11 is 0. The van der Waals surface area contributed by atoms with Gasteiger partial charge in [0.05, 0.1) is 14.2 Å². The third-order valence-electron chi connectivity index (χ3n) is 4.75. The monoisotopic (exact) mass is 528 g/mol. The molecule has 0 radical (unpaired) electrons. The number of rotatable bonds is 10. The third kappa shape index (κ3) is 7.89. The first-order chi connectivity index (χ1) is 14.1. The fourth-order valence-corrected chi connectivity index (χ4v) is 3.09. The summed E-state index contributed by atoms with van der Waals surface area (Å²) in [6.45, 7) is 4.26. The average Bonchev–Trinajstić information content (AvgIpc) is 2.73. The number of aliphatic imine (C=N–C) groups is 1. The molecule has 1 aromatic heterocycles. The zero-order chi connectivity index (χ0) is 21.1. The first kappa shape index (κ1) is 25.8. The Morgan fingerprint density at radius 1 is 1.03 bits per heavy atom. The number of hydrogen-bond donors (Lipinski definition) is 2. The normalized spacial score (nSPS) is 10.9. The quantitative estimate of drug-likeness (QED) is 0.215. The number of aryl methyl sites for hydroxylation is 1. The van der Waals surface area contributed by atoms with Crippen LogP contribution in [0.2, 0.25) is 0 Å². The predicted molar refractivity (Wildman–Crippen MR) is 133 cm³/mol. The number of aromatic nitrogens is 1. The Balaban J connectivity index is 0.00000450. The molecule has 2 rings (SSSR count). The van der Waals surface area contributed by atoms with Crippen molar-refractivity contribution in [2.45, 2.75) is 32.7 Å². The van der Waals surface area contributed by atoms with E-state index in [4.69, 9.17) is 9.47 Å². The molecule has 1 aromatic carbocycles. The van der Waals surface area contributed by atoms with Crippen LogP contribution in [0, 0.1) is 6.92 Å². The largest absolute Gasteiger partial charge is 0.493 e. The molecule has 0 aliphatic heterocycles. The molecule has 0 amide bonds. The van der Waals surface area contributed by atoms with E-state index < -0.39 is 0 Å². The van der Waals surface area contributed by atoms with Gasteiger partial charge >= 0.3 is 0 Å². The Labute approximate surface area is 195 Å². The molecular formula is C22H33IN4O3. The highest BCUT2D eigenvalue weighted by molar-refractivity contribution is 14.0. The molecule has 0 aliphatic rings. The third-order valence-corrected chi connectivity index (χ3v) is 4.75. The van der Waals surface area contributed by atoms with Crippen LogP contribution in [0.15, 0.2) is 46.2 Å². The van der Waals surface area contributed by atoms with Crippen LogP contribution >= 0.6 is 24.0 Å². The van der Waals surface area contributed by atoms with Gasteiger partial charge in [-0.25, -0.2) is 0 Å². The molecule has 7 nitrogen and oxygen atoms in total. The van der Waals surface area contributed by atoms with Crippen LogP contribution in [-0.2, 0) is 13.0 Å². The maximum Gasteiger partial charge on any atom is 0.250 e. The summed E-state index contributed by atoms with van der Waals surface area (Å²) in [5.41, 5.74) is 2.22. The van der Waals surface area contributed by atoms with Crippen molar-refractivity contribution in [3.8, 4) is 11.5 Å². The summed E-state index contributed by atoms with van der Waals surface area (Å²) in [5.74, 6) is 2.24. The lowest BCUT2D eigenvalue weighted by atomic mass is 10.1. The lowest BCUT2D eigenvalue weighted by Gasteiger charge is -2.13. The first-order valence-electron chi connectivity index (χ1n) is 9.91. The zero-order valence-electron chi connectivity index (χ0n) is 18.2. The van der Waals surface area contributed by atoms with Crippen LogP contribution in [0.25, 0.3) is 0 Å². The van der Waals surface area contributed by atoms with E-state index >= 15 is 0 Å². The minimum Gasteiger partial charge on any atom is -0.493 e.